The average Bonchev–Trinajstić information content (AvgIpc) is 2.17. The van der Waals surface area contributed by atoms with Crippen molar-refractivity contribution in [1.82, 2.24) is 0 Å². The Balaban J connectivity index is 3.02. The van der Waals surface area contributed by atoms with Crippen LogP contribution in [0.3, 0.4) is 0 Å². The Morgan fingerprint density at radius 2 is 2.36 bits per heavy atom. The highest BCUT2D eigenvalue weighted by atomic mass is 35.5. The highest BCUT2D eigenvalue weighted by molar-refractivity contribution is 6.30. The first-order valence-electron chi connectivity index (χ1n) is 4.07. The van der Waals surface area contributed by atoms with Crippen molar-refractivity contribution in [3.63, 3.8) is 0 Å². The largest absolute Gasteiger partial charge is 0.496 e. The normalized spacial score (nSPS) is 11.9. The van der Waals surface area contributed by atoms with Crippen LogP contribution in [0, 0.1) is 11.3 Å². The van der Waals surface area contributed by atoms with E-state index in [0.29, 0.717) is 16.3 Å². The van der Waals surface area contributed by atoms with Gasteiger partial charge < -0.3 is 9.84 Å². The van der Waals surface area contributed by atoms with Crippen LogP contribution in [0.15, 0.2) is 18.2 Å². The smallest absolute Gasteiger partial charge is 0.126 e. The maximum Gasteiger partial charge on any atom is 0.126 e. The molecule has 0 aliphatic heterocycles. The molecule has 1 rings (SSSR count). The van der Waals surface area contributed by atoms with Crippen molar-refractivity contribution >= 4 is 11.6 Å². The average molecular weight is 212 g/mol. The predicted molar refractivity (Wildman–Crippen MR) is 53.2 cm³/mol. The number of hydrogen-bond donors (Lipinski definition) is 1. The van der Waals surface area contributed by atoms with Crippen LogP contribution in [-0.4, -0.2) is 12.2 Å². The molecule has 0 radical (unpaired) electrons. The summed E-state index contributed by atoms with van der Waals surface area (Å²) in [7, 11) is 1.49. The van der Waals surface area contributed by atoms with E-state index in [1.807, 2.05) is 6.07 Å². The van der Waals surface area contributed by atoms with Gasteiger partial charge in [-0.15, -0.1) is 0 Å². The van der Waals surface area contributed by atoms with E-state index < -0.39 is 6.10 Å². The highest BCUT2D eigenvalue weighted by Gasteiger charge is 2.12. The van der Waals surface area contributed by atoms with Crippen molar-refractivity contribution in [3.05, 3.63) is 28.8 Å². The number of aliphatic hydroxyl groups excluding tert-OH is 1. The van der Waals surface area contributed by atoms with Gasteiger partial charge in [-0.25, -0.2) is 0 Å². The minimum absolute atomic E-state index is 0.0397. The predicted octanol–water partition coefficient (Wildman–Crippen LogP) is 2.30. The molecule has 14 heavy (non-hydrogen) atoms. The number of halogens is 1. The summed E-state index contributed by atoms with van der Waals surface area (Å²) in [4.78, 5) is 0. The van der Waals surface area contributed by atoms with Crippen LogP contribution in [0.5, 0.6) is 5.75 Å². The zero-order valence-electron chi connectivity index (χ0n) is 7.70. The summed E-state index contributed by atoms with van der Waals surface area (Å²) in [5.74, 6) is 0.500. The second-order valence-electron chi connectivity index (χ2n) is 2.76. The molecule has 1 N–H and O–H groups in total. The van der Waals surface area contributed by atoms with Gasteiger partial charge in [-0.05, 0) is 12.1 Å². The van der Waals surface area contributed by atoms with E-state index in [4.69, 9.17) is 21.6 Å². The molecule has 1 unspecified atom stereocenters. The maximum atomic E-state index is 9.58. The monoisotopic (exact) mass is 211 g/mol. The van der Waals surface area contributed by atoms with E-state index in [1.165, 1.54) is 7.11 Å². The SMILES string of the molecule is COc1cc(Cl)ccc1C(O)CC#N. The zero-order valence-corrected chi connectivity index (χ0v) is 8.45. The van der Waals surface area contributed by atoms with Gasteiger partial charge >= 0.3 is 0 Å². The molecule has 0 amide bonds. The van der Waals surface area contributed by atoms with Gasteiger partial charge in [0, 0.05) is 10.6 Å². The molecule has 74 valence electrons. The van der Waals surface area contributed by atoms with E-state index >= 15 is 0 Å². The number of aliphatic hydroxyl groups is 1. The molecule has 0 fully saturated rings. The van der Waals surface area contributed by atoms with Gasteiger partial charge in [0.05, 0.1) is 25.7 Å². The fourth-order valence-corrected chi connectivity index (χ4v) is 1.32. The second kappa shape index (κ2) is 4.85. The van der Waals surface area contributed by atoms with E-state index in [2.05, 4.69) is 0 Å². The quantitative estimate of drug-likeness (QED) is 0.835. The maximum absolute atomic E-state index is 9.58. The van der Waals surface area contributed by atoms with Crippen LogP contribution < -0.4 is 4.74 Å². The molecule has 0 spiro atoms. The summed E-state index contributed by atoms with van der Waals surface area (Å²) in [6.45, 7) is 0. The van der Waals surface area contributed by atoms with E-state index in [9.17, 15) is 5.11 Å². The summed E-state index contributed by atoms with van der Waals surface area (Å²) in [6.07, 6.45) is -0.787. The highest BCUT2D eigenvalue weighted by Crippen LogP contribution is 2.29. The number of rotatable bonds is 3. The lowest BCUT2D eigenvalue weighted by atomic mass is 10.1. The zero-order chi connectivity index (χ0) is 10.6. The van der Waals surface area contributed by atoms with Gasteiger partial charge in [0.15, 0.2) is 0 Å². The molecule has 0 bridgehead atoms. The van der Waals surface area contributed by atoms with Gasteiger partial charge in [-0.3, -0.25) is 0 Å². The van der Waals surface area contributed by atoms with Gasteiger partial charge in [0.25, 0.3) is 0 Å². The fourth-order valence-electron chi connectivity index (χ4n) is 1.16. The van der Waals surface area contributed by atoms with Crippen molar-refractivity contribution < 1.29 is 9.84 Å². The number of ether oxygens (including phenoxy) is 1. The number of methoxy groups -OCH3 is 1. The molecule has 0 saturated heterocycles. The molecular weight excluding hydrogens is 202 g/mol. The van der Waals surface area contributed by atoms with Crippen LogP contribution in [0.25, 0.3) is 0 Å². The summed E-state index contributed by atoms with van der Waals surface area (Å²) in [6, 6.07) is 6.81. The Hall–Kier alpha value is -1.24. The molecule has 1 atom stereocenters. The summed E-state index contributed by atoms with van der Waals surface area (Å²) in [5.41, 5.74) is 0.582. The van der Waals surface area contributed by atoms with Crippen molar-refractivity contribution in [2.24, 2.45) is 0 Å². The number of benzene rings is 1. The molecule has 1 aromatic carbocycles. The molecule has 0 aromatic heterocycles. The Bertz CT molecular complexity index is 360. The molecular formula is C10H10ClNO2. The molecule has 3 nitrogen and oxygen atoms in total. The summed E-state index contributed by atoms with van der Waals surface area (Å²) in [5, 5.41) is 18.6. The lowest BCUT2D eigenvalue weighted by molar-refractivity contribution is 0.179. The Morgan fingerprint density at radius 3 is 2.93 bits per heavy atom. The van der Waals surface area contributed by atoms with E-state index in [-0.39, 0.29) is 6.42 Å². The molecule has 4 heteroatoms. The first kappa shape index (κ1) is 10.8. The van der Waals surface area contributed by atoms with E-state index in [0.717, 1.165) is 0 Å². The third-order valence-electron chi connectivity index (χ3n) is 1.84. The van der Waals surface area contributed by atoms with Gasteiger partial charge in [-0.1, -0.05) is 17.7 Å². The van der Waals surface area contributed by atoms with E-state index in [1.54, 1.807) is 18.2 Å². The van der Waals surface area contributed by atoms with Crippen LogP contribution in [-0.2, 0) is 0 Å². The summed E-state index contributed by atoms with van der Waals surface area (Å²) >= 11 is 5.75. The lowest BCUT2D eigenvalue weighted by Gasteiger charge is -2.12. The minimum atomic E-state index is -0.827. The molecule has 1 aromatic rings. The van der Waals surface area contributed by atoms with Crippen LogP contribution in [0.4, 0.5) is 0 Å². The molecule has 0 heterocycles. The lowest BCUT2D eigenvalue weighted by Crippen LogP contribution is -1.99. The van der Waals surface area contributed by atoms with Crippen LogP contribution in [0.2, 0.25) is 5.02 Å². The first-order valence-corrected chi connectivity index (χ1v) is 4.45. The minimum Gasteiger partial charge on any atom is -0.496 e. The van der Waals surface area contributed by atoms with Crippen molar-refractivity contribution in [1.29, 1.82) is 5.26 Å². The third-order valence-corrected chi connectivity index (χ3v) is 2.07. The topological polar surface area (TPSA) is 53.2 Å². The van der Waals surface area contributed by atoms with Gasteiger partial charge in [0.2, 0.25) is 0 Å². The van der Waals surface area contributed by atoms with Gasteiger partial charge in [-0.2, -0.15) is 5.26 Å². The number of hydrogen-bond acceptors (Lipinski definition) is 3. The standard InChI is InChI=1S/C10H10ClNO2/c1-14-10-6-7(11)2-3-8(10)9(13)4-5-12/h2-3,6,9,13H,4H2,1H3. The van der Waals surface area contributed by atoms with Crippen molar-refractivity contribution in [3.8, 4) is 11.8 Å². The van der Waals surface area contributed by atoms with Crippen molar-refractivity contribution in [2.75, 3.05) is 7.11 Å². The third kappa shape index (κ3) is 2.38. The fraction of sp³-hybridized carbons (Fsp3) is 0.300. The van der Waals surface area contributed by atoms with Crippen molar-refractivity contribution in [2.45, 2.75) is 12.5 Å². The Kier molecular flexibility index (Phi) is 3.75. The van der Waals surface area contributed by atoms with Crippen LogP contribution in [0.1, 0.15) is 18.1 Å². The molecule has 0 saturated carbocycles. The second-order valence-corrected chi connectivity index (χ2v) is 3.20. The number of nitriles is 1. The number of nitrogens with zero attached hydrogens (tertiary/aromatic N) is 1. The molecule has 0 aliphatic rings. The first-order chi connectivity index (χ1) is 6.69. The summed E-state index contributed by atoms with van der Waals surface area (Å²) < 4.78 is 5.04. The van der Waals surface area contributed by atoms with Crippen LogP contribution >= 0.6 is 11.6 Å². The van der Waals surface area contributed by atoms with Gasteiger partial charge in [0.1, 0.15) is 5.75 Å². The molecule has 0 aliphatic carbocycles. The Morgan fingerprint density at radius 1 is 1.64 bits per heavy atom. The Labute approximate surface area is 87.5 Å².